The summed E-state index contributed by atoms with van der Waals surface area (Å²) in [5.74, 6) is -1.36. The van der Waals surface area contributed by atoms with Gasteiger partial charge in [-0.1, -0.05) is 0 Å². The van der Waals surface area contributed by atoms with Crippen LogP contribution in [0.1, 0.15) is 6.92 Å². The first kappa shape index (κ1) is 17.9. The molecule has 4 N–H and O–H groups in total. The predicted molar refractivity (Wildman–Crippen MR) is 91.4 cm³/mol. The monoisotopic (exact) mass is 333 g/mol. The molecule has 3 amide bonds. The highest BCUT2D eigenvalue weighted by molar-refractivity contribution is 6.39. The number of nitrogens with two attached hydrogens (primary N) is 1. The number of nitrogens with zero attached hydrogens (tertiary/aromatic N) is 2. The molecule has 0 radical (unpaired) electrons. The minimum atomic E-state index is -0.658. The molecule has 0 aromatic heterocycles. The van der Waals surface area contributed by atoms with Gasteiger partial charge in [0.2, 0.25) is 5.91 Å². The van der Waals surface area contributed by atoms with Gasteiger partial charge < -0.3 is 21.3 Å². The molecule has 8 heteroatoms. The van der Waals surface area contributed by atoms with Gasteiger partial charge in [0.1, 0.15) is 0 Å². The van der Waals surface area contributed by atoms with Crippen molar-refractivity contribution >= 4 is 29.1 Å². The number of hydrogen-bond acceptors (Lipinski definition) is 5. The molecule has 1 saturated heterocycles. The maximum Gasteiger partial charge on any atom is 0.313 e. The van der Waals surface area contributed by atoms with Crippen LogP contribution in [0.25, 0.3) is 0 Å². The van der Waals surface area contributed by atoms with Crippen LogP contribution >= 0.6 is 0 Å². The normalized spacial score (nSPS) is 15.0. The third kappa shape index (κ3) is 5.04. The summed E-state index contributed by atoms with van der Waals surface area (Å²) < 4.78 is 0. The Balaban J connectivity index is 1.85. The van der Waals surface area contributed by atoms with Crippen molar-refractivity contribution in [1.29, 1.82) is 0 Å². The van der Waals surface area contributed by atoms with E-state index in [1.54, 1.807) is 29.2 Å². The van der Waals surface area contributed by atoms with Gasteiger partial charge >= 0.3 is 11.8 Å². The Bertz CT molecular complexity index is 594. The lowest BCUT2D eigenvalue weighted by Crippen LogP contribution is -2.52. The Morgan fingerprint density at radius 3 is 2.04 bits per heavy atom. The van der Waals surface area contributed by atoms with E-state index in [2.05, 4.69) is 15.5 Å². The fraction of sp³-hybridized carbons (Fsp3) is 0.438. The van der Waals surface area contributed by atoms with Gasteiger partial charge in [-0.2, -0.15) is 0 Å². The lowest BCUT2D eigenvalue weighted by molar-refractivity contribution is -0.144. The number of benzene rings is 1. The number of carbonyl (C=O) groups is 3. The number of amides is 3. The summed E-state index contributed by atoms with van der Waals surface area (Å²) in [5.41, 5.74) is 6.65. The van der Waals surface area contributed by atoms with Gasteiger partial charge in [-0.3, -0.25) is 19.3 Å². The van der Waals surface area contributed by atoms with Crippen LogP contribution in [0.2, 0.25) is 0 Å². The predicted octanol–water partition coefficient (Wildman–Crippen LogP) is -0.314. The minimum absolute atomic E-state index is 0.171. The van der Waals surface area contributed by atoms with E-state index in [1.807, 2.05) is 0 Å². The molecule has 8 nitrogen and oxygen atoms in total. The summed E-state index contributed by atoms with van der Waals surface area (Å²) in [4.78, 5) is 39.0. The third-order valence-electron chi connectivity index (χ3n) is 3.76. The highest BCUT2D eigenvalue weighted by atomic mass is 16.2. The van der Waals surface area contributed by atoms with Gasteiger partial charge in [0.15, 0.2) is 0 Å². The Morgan fingerprint density at radius 1 is 1.00 bits per heavy atom. The molecule has 0 saturated carbocycles. The fourth-order valence-electron chi connectivity index (χ4n) is 2.53. The van der Waals surface area contributed by atoms with E-state index in [9.17, 15) is 14.4 Å². The molecule has 0 atom stereocenters. The van der Waals surface area contributed by atoms with Crippen molar-refractivity contribution in [1.82, 2.24) is 9.80 Å². The molecular weight excluding hydrogens is 310 g/mol. The van der Waals surface area contributed by atoms with Crippen molar-refractivity contribution in [2.24, 2.45) is 5.73 Å². The maximum atomic E-state index is 12.2. The Morgan fingerprint density at radius 2 is 1.54 bits per heavy atom. The summed E-state index contributed by atoms with van der Waals surface area (Å²) >= 11 is 0. The summed E-state index contributed by atoms with van der Waals surface area (Å²) in [5, 5.41) is 5.21. The van der Waals surface area contributed by atoms with Crippen molar-refractivity contribution in [3.63, 3.8) is 0 Å². The van der Waals surface area contributed by atoms with Crippen LogP contribution in [0.4, 0.5) is 11.4 Å². The quantitative estimate of drug-likeness (QED) is 0.655. The van der Waals surface area contributed by atoms with Crippen LogP contribution < -0.4 is 16.4 Å². The number of anilines is 2. The topological polar surface area (TPSA) is 108 Å². The Labute approximate surface area is 141 Å². The van der Waals surface area contributed by atoms with Crippen LogP contribution in [0.3, 0.4) is 0 Å². The third-order valence-corrected chi connectivity index (χ3v) is 3.76. The summed E-state index contributed by atoms with van der Waals surface area (Å²) in [6.45, 7) is 5.30. The molecule has 0 spiro atoms. The van der Waals surface area contributed by atoms with E-state index < -0.39 is 11.8 Å². The maximum absolute atomic E-state index is 12.2. The zero-order chi connectivity index (χ0) is 17.5. The van der Waals surface area contributed by atoms with Crippen molar-refractivity contribution < 1.29 is 14.4 Å². The van der Waals surface area contributed by atoms with E-state index >= 15 is 0 Å². The van der Waals surface area contributed by atoms with Crippen molar-refractivity contribution in [3.8, 4) is 0 Å². The molecule has 2 rings (SSSR count). The number of nitrogens with one attached hydrogen (secondary N) is 2. The van der Waals surface area contributed by atoms with Gasteiger partial charge in [0, 0.05) is 57.6 Å². The minimum Gasteiger partial charge on any atom is -0.332 e. The van der Waals surface area contributed by atoms with E-state index in [-0.39, 0.29) is 5.91 Å². The van der Waals surface area contributed by atoms with Crippen LogP contribution in [-0.2, 0) is 14.4 Å². The molecule has 1 aliphatic heterocycles. The second-order valence-corrected chi connectivity index (χ2v) is 5.64. The SMILES string of the molecule is CC(=O)Nc1ccc(NC(=O)C(=O)N2CCN(CCN)CC2)cc1. The average molecular weight is 333 g/mol. The van der Waals surface area contributed by atoms with Gasteiger partial charge in [-0.05, 0) is 24.3 Å². The van der Waals surface area contributed by atoms with Crippen molar-refractivity contribution in [2.75, 3.05) is 49.9 Å². The molecule has 0 aliphatic carbocycles. The van der Waals surface area contributed by atoms with Crippen LogP contribution in [0.15, 0.2) is 24.3 Å². The zero-order valence-corrected chi connectivity index (χ0v) is 13.7. The van der Waals surface area contributed by atoms with E-state index in [0.717, 1.165) is 19.6 Å². The number of piperazine rings is 1. The second kappa shape index (κ2) is 8.42. The molecule has 130 valence electrons. The first-order valence-electron chi connectivity index (χ1n) is 7.90. The summed E-state index contributed by atoms with van der Waals surface area (Å²) in [7, 11) is 0. The standard InChI is InChI=1S/C16H23N5O3/c1-12(22)18-13-2-4-14(5-3-13)19-15(23)16(24)21-10-8-20(7-6-17)9-11-21/h2-5H,6-11,17H2,1H3,(H,18,22)(H,19,23). The van der Waals surface area contributed by atoms with E-state index in [1.165, 1.54) is 6.92 Å². The molecule has 0 unspecified atom stereocenters. The lowest BCUT2D eigenvalue weighted by Gasteiger charge is -2.34. The Hall–Kier alpha value is -2.45. The van der Waals surface area contributed by atoms with E-state index in [4.69, 9.17) is 5.73 Å². The fourth-order valence-corrected chi connectivity index (χ4v) is 2.53. The average Bonchev–Trinajstić information content (AvgIpc) is 2.56. The number of rotatable bonds is 4. The Kier molecular flexibility index (Phi) is 6.28. The number of hydrogen-bond donors (Lipinski definition) is 3. The van der Waals surface area contributed by atoms with Crippen LogP contribution in [0.5, 0.6) is 0 Å². The molecule has 24 heavy (non-hydrogen) atoms. The second-order valence-electron chi connectivity index (χ2n) is 5.64. The van der Waals surface area contributed by atoms with Gasteiger partial charge in [-0.15, -0.1) is 0 Å². The van der Waals surface area contributed by atoms with E-state index in [0.29, 0.717) is 31.0 Å². The van der Waals surface area contributed by atoms with Gasteiger partial charge in [0.05, 0.1) is 0 Å². The number of carbonyl (C=O) groups excluding carboxylic acids is 3. The largest absolute Gasteiger partial charge is 0.332 e. The molecule has 1 fully saturated rings. The molecule has 0 bridgehead atoms. The highest BCUT2D eigenvalue weighted by Crippen LogP contribution is 2.14. The zero-order valence-electron chi connectivity index (χ0n) is 13.7. The summed E-state index contributed by atoms with van der Waals surface area (Å²) in [6.07, 6.45) is 0. The first-order valence-corrected chi connectivity index (χ1v) is 7.90. The van der Waals surface area contributed by atoms with Gasteiger partial charge in [-0.25, -0.2) is 0 Å². The molecular formula is C16H23N5O3. The smallest absolute Gasteiger partial charge is 0.313 e. The molecule has 1 heterocycles. The first-order chi connectivity index (χ1) is 11.5. The van der Waals surface area contributed by atoms with Crippen LogP contribution in [-0.4, -0.2) is 66.8 Å². The highest BCUT2D eigenvalue weighted by Gasteiger charge is 2.25. The van der Waals surface area contributed by atoms with Crippen molar-refractivity contribution in [2.45, 2.75) is 6.92 Å². The molecule has 1 aliphatic rings. The summed E-state index contributed by atoms with van der Waals surface area (Å²) in [6, 6.07) is 6.59. The molecule has 1 aromatic rings. The van der Waals surface area contributed by atoms with Crippen LogP contribution in [0, 0.1) is 0 Å². The van der Waals surface area contributed by atoms with Crippen molar-refractivity contribution in [3.05, 3.63) is 24.3 Å². The molecule has 1 aromatic carbocycles. The lowest BCUT2D eigenvalue weighted by atomic mass is 10.2. The van der Waals surface area contributed by atoms with Gasteiger partial charge in [0.25, 0.3) is 0 Å².